The average molecular weight is 819 g/mol. The molecule has 0 spiro atoms. The van der Waals surface area contributed by atoms with Crippen molar-refractivity contribution in [1.82, 2.24) is 0 Å². The molecule has 0 amide bonds. The Morgan fingerprint density at radius 2 is 0.726 bits per heavy atom. The molecule has 2 nitrogen and oxygen atoms in total. The van der Waals surface area contributed by atoms with Gasteiger partial charge in [-0.15, -0.1) is 11.3 Å². The Morgan fingerprint density at radius 3 is 1.27 bits per heavy atom. The van der Waals surface area contributed by atoms with E-state index in [1.807, 2.05) is 11.3 Å². The summed E-state index contributed by atoms with van der Waals surface area (Å²) in [7, 11) is 0. The van der Waals surface area contributed by atoms with Crippen molar-refractivity contribution in [2.75, 3.05) is 9.80 Å². The quantitative estimate of drug-likeness (QED) is 0.143. The lowest BCUT2D eigenvalue weighted by Gasteiger charge is -2.39. The molecule has 0 radical (unpaired) electrons. The van der Waals surface area contributed by atoms with Gasteiger partial charge in [0.15, 0.2) is 0 Å². The van der Waals surface area contributed by atoms with Gasteiger partial charge in [-0.25, -0.2) is 0 Å². The Bertz CT molecular complexity index is 2960. The molecule has 4 aliphatic carbocycles. The van der Waals surface area contributed by atoms with Gasteiger partial charge in [0.05, 0.1) is 0 Å². The number of thiophene rings is 1. The molecule has 302 valence electrons. The summed E-state index contributed by atoms with van der Waals surface area (Å²) >= 11 is 1.87. The van der Waals surface area contributed by atoms with E-state index in [4.69, 9.17) is 0 Å². The first-order chi connectivity index (χ1) is 30.7. The molecule has 4 fully saturated rings. The maximum absolute atomic E-state index is 2.47. The number of rotatable bonds is 9. The van der Waals surface area contributed by atoms with E-state index < -0.39 is 0 Å². The monoisotopic (exact) mass is 818 g/mol. The molecule has 62 heavy (non-hydrogen) atoms. The topological polar surface area (TPSA) is 6.48 Å². The van der Waals surface area contributed by atoms with Crippen molar-refractivity contribution < 1.29 is 0 Å². The van der Waals surface area contributed by atoms with Crippen LogP contribution in [0.3, 0.4) is 0 Å². The van der Waals surface area contributed by atoms with Gasteiger partial charge >= 0.3 is 0 Å². The number of benzene rings is 8. The Kier molecular flexibility index (Phi) is 9.52. The van der Waals surface area contributed by atoms with E-state index >= 15 is 0 Å². The zero-order valence-electron chi connectivity index (χ0n) is 35.0. The van der Waals surface area contributed by atoms with Crippen LogP contribution < -0.4 is 9.80 Å². The molecular formula is C59H50N2S. The van der Waals surface area contributed by atoms with Crippen molar-refractivity contribution in [3.8, 4) is 22.3 Å². The molecule has 13 rings (SSSR count). The minimum absolute atomic E-state index is 0.696. The second kappa shape index (κ2) is 15.8. The lowest BCUT2D eigenvalue weighted by molar-refractivity contribution is 0.131. The molecule has 3 unspecified atom stereocenters. The van der Waals surface area contributed by atoms with Gasteiger partial charge in [-0.1, -0.05) is 121 Å². The first-order valence-electron chi connectivity index (χ1n) is 22.7. The van der Waals surface area contributed by atoms with Crippen LogP contribution in [0.1, 0.15) is 50.0 Å². The van der Waals surface area contributed by atoms with E-state index in [-0.39, 0.29) is 0 Å². The highest BCUT2D eigenvalue weighted by atomic mass is 32.1. The lowest BCUT2D eigenvalue weighted by Crippen LogP contribution is -2.27. The molecular weight excluding hydrogens is 769 g/mol. The molecule has 0 aliphatic heterocycles. The van der Waals surface area contributed by atoms with E-state index in [9.17, 15) is 0 Å². The standard InChI is InChI=1S/C59H50N2S/c1-3-9-43(10-4-1)45-15-21-49(22-16-45)60(50-25-19-47(20-26-50)57-38-42-34-40-33-41(35-42)37-48(57)36-40)52-27-29-53(30-28-52)61(51-23-17-46(18-24-51)44-11-5-2-6-12-44)54-31-32-56-55-13-7-8-14-58(55)62-59(56)39-54/h1-32,39-42,48,57H,33-38H2. The van der Waals surface area contributed by atoms with E-state index in [0.29, 0.717) is 5.92 Å². The highest BCUT2D eigenvalue weighted by Crippen LogP contribution is 2.56. The Hall–Kier alpha value is -6.42. The van der Waals surface area contributed by atoms with Gasteiger partial charge in [0.25, 0.3) is 0 Å². The molecule has 1 heterocycles. The zero-order valence-corrected chi connectivity index (χ0v) is 35.8. The molecule has 1 aromatic heterocycles. The molecule has 4 saturated carbocycles. The third kappa shape index (κ3) is 6.99. The van der Waals surface area contributed by atoms with E-state index in [1.165, 1.54) is 86.6 Å². The Morgan fingerprint density at radius 1 is 0.323 bits per heavy atom. The van der Waals surface area contributed by atoms with Crippen molar-refractivity contribution >= 4 is 65.6 Å². The van der Waals surface area contributed by atoms with Crippen LogP contribution in [0.25, 0.3) is 42.4 Å². The Labute approximate surface area is 369 Å². The number of fused-ring (bicyclic) bond motifs is 4. The van der Waals surface area contributed by atoms with Crippen LogP contribution in [0.4, 0.5) is 34.1 Å². The van der Waals surface area contributed by atoms with Gasteiger partial charge in [0.2, 0.25) is 0 Å². The van der Waals surface area contributed by atoms with Crippen LogP contribution in [0.2, 0.25) is 0 Å². The fourth-order valence-corrected chi connectivity index (χ4v) is 12.9. The average Bonchev–Trinajstić information content (AvgIpc) is 3.58. The van der Waals surface area contributed by atoms with Crippen LogP contribution in [0.5, 0.6) is 0 Å². The summed E-state index contributed by atoms with van der Waals surface area (Å²) in [4.78, 5) is 4.84. The van der Waals surface area contributed by atoms with E-state index in [2.05, 4.69) is 210 Å². The third-order valence-corrected chi connectivity index (χ3v) is 15.6. The second-order valence-electron chi connectivity index (χ2n) is 18.3. The molecule has 9 aromatic rings. The summed E-state index contributed by atoms with van der Waals surface area (Å²) in [6, 6.07) is 74.1. The summed E-state index contributed by atoms with van der Waals surface area (Å²) in [5.41, 5.74) is 13.3. The summed E-state index contributed by atoms with van der Waals surface area (Å²) in [5, 5.41) is 2.63. The van der Waals surface area contributed by atoms with Gasteiger partial charge < -0.3 is 9.80 Å². The van der Waals surface area contributed by atoms with Gasteiger partial charge in [-0.2, -0.15) is 0 Å². The van der Waals surface area contributed by atoms with Gasteiger partial charge in [0, 0.05) is 54.3 Å². The molecule has 3 atom stereocenters. The van der Waals surface area contributed by atoms with Crippen LogP contribution >= 0.6 is 11.3 Å². The number of anilines is 6. The normalized spacial score (nSPS) is 20.4. The predicted octanol–water partition coefficient (Wildman–Crippen LogP) is 17.3. The highest BCUT2D eigenvalue weighted by Gasteiger charge is 2.44. The number of hydrogen-bond acceptors (Lipinski definition) is 3. The molecule has 0 N–H and O–H groups in total. The SMILES string of the molecule is c1ccc(-c2ccc(N(c3ccc(C4CC5CC6CC(C5)CC4C6)cc3)c3ccc(N(c4ccc(-c5ccccc5)cc4)c4ccc5c(c4)sc4ccccc45)cc3)cc2)cc1. The largest absolute Gasteiger partial charge is 0.311 e. The van der Waals surface area contributed by atoms with Gasteiger partial charge in [0.1, 0.15) is 0 Å². The van der Waals surface area contributed by atoms with E-state index in [1.54, 1.807) is 5.56 Å². The van der Waals surface area contributed by atoms with Gasteiger partial charge in [-0.3, -0.25) is 0 Å². The molecule has 3 heteroatoms. The highest BCUT2D eigenvalue weighted by molar-refractivity contribution is 7.25. The first kappa shape index (κ1) is 37.4. The van der Waals surface area contributed by atoms with Crippen molar-refractivity contribution in [2.45, 2.75) is 44.4 Å². The smallest absolute Gasteiger partial charge is 0.0476 e. The maximum Gasteiger partial charge on any atom is 0.0476 e. The zero-order chi connectivity index (χ0) is 41.0. The minimum Gasteiger partial charge on any atom is -0.311 e. The molecule has 4 aliphatic rings. The molecule has 8 aromatic carbocycles. The van der Waals surface area contributed by atoms with Gasteiger partial charge in [-0.05, 0) is 175 Å². The fourth-order valence-electron chi connectivity index (χ4n) is 11.8. The minimum atomic E-state index is 0.696. The van der Waals surface area contributed by atoms with E-state index in [0.717, 1.165) is 52.1 Å². The lowest BCUT2D eigenvalue weighted by atomic mass is 9.67. The first-order valence-corrected chi connectivity index (χ1v) is 23.5. The Balaban J connectivity index is 0.924. The second-order valence-corrected chi connectivity index (χ2v) is 19.3. The third-order valence-electron chi connectivity index (χ3n) is 14.5. The van der Waals surface area contributed by atoms with Crippen LogP contribution in [-0.4, -0.2) is 0 Å². The maximum atomic E-state index is 2.47. The van der Waals surface area contributed by atoms with Crippen molar-refractivity contribution in [3.05, 3.63) is 206 Å². The summed E-state index contributed by atoms with van der Waals surface area (Å²) in [6.45, 7) is 0. The van der Waals surface area contributed by atoms with Crippen LogP contribution in [0.15, 0.2) is 200 Å². The van der Waals surface area contributed by atoms with Crippen molar-refractivity contribution in [1.29, 1.82) is 0 Å². The summed E-state index contributed by atoms with van der Waals surface area (Å²) in [5.74, 6) is 4.41. The van der Waals surface area contributed by atoms with Crippen molar-refractivity contribution in [3.63, 3.8) is 0 Å². The summed E-state index contributed by atoms with van der Waals surface area (Å²) in [6.07, 6.45) is 8.70. The summed E-state index contributed by atoms with van der Waals surface area (Å²) < 4.78 is 2.62. The predicted molar refractivity (Wildman–Crippen MR) is 264 cm³/mol. The van der Waals surface area contributed by atoms with Crippen LogP contribution in [-0.2, 0) is 0 Å². The fraction of sp³-hybridized carbons (Fsp3) is 0.186. The van der Waals surface area contributed by atoms with Crippen molar-refractivity contribution in [2.24, 2.45) is 23.7 Å². The molecule has 4 bridgehead atoms. The molecule has 0 saturated heterocycles. The number of nitrogens with zero attached hydrogens (tertiary/aromatic N) is 2. The van der Waals surface area contributed by atoms with Crippen LogP contribution in [0, 0.1) is 23.7 Å². The number of hydrogen-bond donors (Lipinski definition) is 0.